The van der Waals surface area contributed by atoms with Gasteiger partial charge in [-0.2, -0.15) is 0 Å². The molecule has 0 aliphatic heterocycles. The Balaban J connectivity index is 4.24. The van der Waals surface area contributed by atoms with Gasteiger partial charge in [-0.15, -0.1) is 0 Å². The van der Waals surface area contributed by atoms with E-state index in [1.54, 1.807) is 0 Å². The summed E-state index contributed by atoms with van der Waals surface area (Å²) in [6.07, 6.45) is 0. The molecule has 0 aliphatic carbocycles. The van der Waals surface area contributed by atoms with E-state index in [0.29, 0.717) is 0 Å². The molecule has 0 spiro atoms. The van der Waals surface area contributed by atoms with Gasteiger partial charge < -0.3 is 14.9 Å². The van der Waals surface area contributed by atoms with Gasteiger partial charge in [0.05, 0.1) is 6.61 Å². The predicted octanol–water partition coefficient (Wildman–Crippen LogP) is -0.583. The zero-order valence-electron chi connectivity index (χ0n) is 6.38. The SMILES string of the molecule is CCON(CC(=O)O)P(=O)(O)O. The number of hydrogen-bond acceptors (Lipinski definition) is 3. The van der Waals surface area contributed by atoms with Crippen molar-refractivity contribution in [1.29, 1.82) is 0 Å². The highest BCUT2D eigenvalue weighted by molar-refractivity contribution is 7.48. The Kier molecular flexibility index (Phi) is 4.36. The molecular formula is C4H10NO6P. The monoisotopic (exact) mass is 199 g/mol. The van der Waals surface area contributed by atoms with Crippen molar-refractivity contribution in [2.24, 2.45) is 0 Å². The summed E-state index contributed by atoms with van der Waals surface area (Å²) in [5, 5.41) is 8.21. The van der Waals surface area contributed by atoms with Crippen molar-refractivity contribution < 1.29 is 29.1 Å². The van der Waals surface area contributed by atoms with Gasteiger partial charge in [0.25, 0.3) is 0 Å². The number of carboxylic acid groups (broad SMARTS) is 1. The van der Waals surface area contributed by atoms with Crippen LogP contribution in [0.1, 0.15) is 6.92 Å². The largest absolute Gasteiger partial charge is 0.480 e. The number of carboxylic acids is 1. The molecule has 72 valence electrons. The van der Waals surface area contributed by atoms with Gasteiger partial charge in [-0.1, -0.05) is 4.83 Å². The zero-order chi connectivity index (χ0) is 9.78. The lowest BCUT2D eigenvalue weighted by Crippen LogP contribution is -2.27. The van der Waals surface area contributed by atoms with Gasteiger partial charge in [0, 0.05) is 0 Å². The molecule has 12 heavy (non-hydrogen) atoms. The Labute approximate surface area is 68.7 Å². The second-order valence-electron chi connectivity index (χ2n) is 1.84. The molecule has 0 saturated carbocycles. The lowest BCUT2D eigenvalue weighted by Gasteiger charge is -2.18. The first-order valence-corrected chi connectivity index (χ1v) is 4.62. The van der Waals surface area contributed by atoms with E-state index < -0.39 is 20.3 Å². The van der Waals surface area contributed by atoms with Crippen LogP contribution in [0.2, 0.25) is 0 Å². The molecule has 0 aromatic heterocycles. The highest BCUT2D eigenvalue weighted by atomic mass is 31.2. The van der Waals surface area contributed by atoms with Crippen LogP contribution < -0.4 is 0 Å². The summed E-state index contributed by atoms with van der Waals surface area (Å²) in [6, 6.07) is 0. The fourth-order valence-electron chi connectivity index (χ4n) is 0.478. The first-order chi connectivity index (χ1) is 5.38. The van der Waals surface area contributed by atoms with Gasteiger partial charge >= 0.3 is 13.7 Å². The second kappa shape index (κ2) is 4.54. The minimum absolute atomic E-state index is 0.00160. The first kappa shape index (κ1) is 11.5. The minimum Gasteiger partial charge on any atom is -0.480 e. The summed E-state index contributed by atoms with van der Waals surface area (Å²) in [4.78, 5) is 31.6. The van der Waals surface area contributed by atoms with E-state index in [2.05, 4.69) is 4.84 Å². The molecule has 0 saturated heterocycles. The van der Waals surface area contributed by atoms with E-state index >= 15 is 0 Å². The average molecular weight is 199 g/mol. The van der Waals surface area contributed by atoms with Gasteiger partial charge in [-0.3, -0.25) is 9.63 Å². The van der Waals surface area contributed by atoms with Crippen LogP contribution in [-0.2, 0) is 14.2 Å². The number of carbonyl (C=O) groups is 1. The van der Waals surface area contributed by atoms with Gasteiger partial charge in [0.2, 0.25) is 0 Å². The molecule has 0 heterocycles. The smallest absolute Gasteiger partial charge is 0.426 e. The molecule has 7 nitrogen and oxygen atoms in total. The minimum atomic E-state index is -4.62. The van der Waals surface area contributed by atoms with Crippen molar-refractivity contribution in [3.05, 3.63) is 0 Å². The fraction of sp³-hybridized carbons (Fsp3) is 0.750. The Morgan fingerprint density at radius 3 is 2.33 bits per heavy atom. The number of rotatable bonds is 5. The van der Waals surface area contributed by atoms with Crippen LogP contribution >= 0.6 is 7.75 Å². The third kappa shape index (κ3) is 4.42. The lowest BCUT2D eigenvalue weighted by atomic mass is 10.7. The normalized spacial score (nSPS) is 12.0. The summed E-state index contributed by atoms with van der Waals surface area (Å²) in [7, 11) is -4.62. The molecule has 0 bridgehead atoms. The summed E-state index contributed by atoms with van der Waals surface area (Å²) in [5.41, 5.74) is 0. The molecule has 0 amide bonds. The summed E-state index contributed by atoms with van der Waals surface area (Å²) >= 11 is 0. The molecule has 0 radical (unpaired) electrons. The maximum atomic E-state index is 10.5. The van der Waals surface area contributed by atoms with E-state index in [-0.39, 0.29) is 11.4 Å². The second-order valence-corrected chi connectivity index (χ2v) is 3.31. The molecule has 0 atom stereocenters. The standard InChI is InChI=1S/C4H10NO6P/c1-2-11-5(3-4(6)7)12(8,9)10/h2-3H2,1H3,(H,6,7)(H2,8,9,10). The molecule has 0 unspecified atom stereocenters. The van der Waals surface area contributed by atoms with Crippen LogP contribution in [-0.4, -0.2) is 38.8 Å². The maximum absolute atomic E-state index is 10.5. The lowest BCUT2D eigenvalue weighted by molar-refractivity contribution is -0.152. The number of hydroxylamine groups is 1. The average Bonchev–Trinajstić information content (AvgIpc) is 1.83. The van der Waals surface area contributed by atoms with Crippen molar-refractivity contribution in [3.8, 4) is 0 Å². The molecule has 0 rings (SSSR count). The molecular weight excluding hydrogens is 189 g/mol. The number of aliphatic carboxylic acids is 1. The Morgan fingerprint density at radius 1 is 1.58 bits per heavy atom. The van der Waals surface area contributed by atoms with E-state index in [1.165, 1.54) is 6.92 Å². The zero-order valence-corrected chi connectivity index (χ0v) is 7.27. The van der Waals surface area contributed by atoms with Gasteiger partial charge in [-0.25, -0.2) is 4.57 Å². The summed E-state index contributed by atoms with van der Waals surface area (Å²) < 4.78 is 10.5. The maximum Gasteiger partial charge on any atom is 0.426 e. The summed E-state index contributed by atoms with van der Waals surface area (Å²) in [5.74, 6) is -1.37. The van der Waals surface area contributed by atoms with Crippen LogP contribution in [0.15, 0.2) is 0 Å². The van der Waals surface area contributed by atoms with Crippen molar-refractivity contribution in [3.63, 3.8) is 0 Å². The first-order valence-electron chi connectivity index (χ1n) is 3.06. The van der Waals surface area contributed by atoms with Gasteiger partial charge in [0.15, 0.2) is 0 Å². The third-order valence-electron chi connectivity index (χ3n) is 0.839. The molecule has 0 aromatic rings. The molecule has 0 aliphatic rings. The quantitative estimate of drug-likeness (QED) is 0.401. The van der Waals surface area contributed by atoms with Crippen LogP contribution in [0.3, 0.4) is 0 Å². The Bertz CT molecular complexity index is 200. The van der Waals surface area contributed by atoms with E-state index in [0.717, 1.165) is 0 Å². The highest BCUT2D eigenvalue weighted by Gasteiger charge is 2.28. The van der Waals surface area contributed by atoms with Crippen molar-refractivity contribution in [2.45, 2.75) is 6.92 Å². The molecule has 0 fully saturated rings. The van der Waals surface area contributed by atoms with E-state index in [9.17, 15) is 9.36 Å². The molecule has 3 N–H and O–H groups in total. The van der Waals surface area contributed by atoms with Crippen LogP contribution in [0.5, 0.6) is 0 Å². The predicted molar refractivity (Wildman–Crippen MR) is 38.0 cm³/mol. The third-order valence-corrected chi connectivity index (χ3v) is 1.68. The van der Waals surface area contributed by atoms with Crippen molar-refractivity contribution in [1.82, 2.24) is 4.83 Å². The Morgan fingerprint density at radius 2 is 2.08 bits per heavy atom. The summed E-state index contributed by atoms with van der Waals surface area (Å²) in [6.45, 7) is 0.640. The van der Waals surface area contributed by atoms with Crippen LogP contribution in [0, 0.1) is 0 Å². The highest BCUT2D eigenvalue weighted by Crippen LogP contribution is 2.39. The van der Waals surface area contributed by atoms with Crippen LogP contribution in [0.4, 0.5) is 0 Å². The topological polar surface area (TPSA) is 107 Å². The number of nitrogens with zero attached hydrogens (tertiary/aromatic N) is 1. The van der Waals surface area contributed by atoms with Crippen molar-refractivity contribution in [2.75, 3.05) is 13.2 Å². The molecule has 0 aromatic carbocycles. The van der Waals surface area contributed by atoms with Gasteiger partial charge in [0.1, 0.15) is 6.54 Å². The van der Waals surface area contributed by atoms with E-state index in [1.807, 2.05) is 0 Å². The molecule has 8 heteroatoms. The number of hydrogen-bond donors (Lipinski definition) is 3. The Hall–Kier alpha value is -0.460. The van der Waals surface area contributed by atoms with Crippen LogP contribution in [0.25, 0.3) is 0 Å². The van der Waals surface area contributed by atoms with E-state index in [4.69, 9.17) is 14.9 Å². The fourth-order valence-corrected chi connectivity index (χ4v) is 1.05. The van der Waals surface area contributed by atoms with Gasteiger partial charge in [-0.05, 0) is 6.92 Å². The van der Waals surface area contributed by atoms with Crippen molar-refractivity contribution >= 4 is 13.7 Å².